The number of hydrogen-bond donors (Lipinski definition) is 2. The molecule has 1 aliphatic rings. The molecule has 182 valence electrons. The number of nitrogens with two attached hydrogens (primary N) is 1. The second-order valence-electron chi connectivity index (χ2n) is 9.38. The Morgan fingerprint density at radius 3 is 2.59 bits per heavy atom. The number of benzene rings is 1. The Morgan fingerprint density at radius 1 is 1.29 bits per heavy atom. The van der Waals surface area contributed by atoms with Crippen LogP contribution in [0.25, 0.3) is 10.9 Å². The molecule has 0 saturated heterocycles. The van der Waals surface area contributed by atoms with Gasteiger partial charge in [0.1, 0.15) is 0 Å². The summed E-state index contributed by atoms with van der Waals surface area (Å²) in [7, 11) is 3.67. The van der Waals surface area contributed by atoms with E-state index < -0.39 is 29.3 Å². The zero-order chi connectivity index (χ0) is 24.7. The molecule has 4 rings (SSSR count). The van der Waals surface area contributed by atoms with E-state index in [4.69, 9.17) is 17.3 Å². The summed E-state index contributed by atoms with van der Waals surface area (Å²) in [5.74, 6) is -2.88. The number of alkyl halides is 3. The van der Waals surface area contributed by atoms with E-state index in [9.17, 15) is 18.0 Å². The predicted molar refractivity (Wildman–Crippen MR) is 124 cm³/mol. The van der Waals surface area contributed by atoms with Crippen molar-refractivity contribution in [3.63, 3.8) is 0 Å². The van der Waals surface area contributed by atoms with Gasteiger partial charge >= 0.3 is 6.18 Å². The van der Waals surface area contributed by atoms with Crippen LogP contribution in [0.5, 0.6) is 0 Å². The standard InChI is InChI=1S/C24H27ClF3N5O/c1-33(2)17(9-15-8-16-13-31-32-20(16)11-19(15)25)10-18(22(29)34)21(14-4-3-7-30-12-14)23(5-6-23)24(26,27)28/h3-4,7-8,11-13,17-18,21H,5-6,9-10H2,1-2H3,(H2,29,34)(H,31,32)/t17-,18?,21?/m1/s1. The number of carbonyl (C=O) groups excluding carboxylic acids is 1. The van der Waals surface area contributed by atoms with Gasteiger partial charge in [-0.25, -0.2) is 0 Å². The lowest BCUT2D eigenvalue weighted by Crippen LogP contribution is -2.43. The number of amides is 1. The SMILES string of the molecule is CN(C)[C@H](Cc1cc2cn[nH]c2cc1Cl)CC(C(N)=O)C(c1cccnc1)C1(C(F)(F)F)CC1. The number of nitrogens with zero attached hydrogens (tertiary/aromatic N) is 3. The summed E-state index contributed by atoms with van der Waals surface area (Å²) in [6.07, 6.45) is 0.680. The van der Waals surface area contributed by atoms with Crippen molar-refractivity contribution in [2.75, 3.05) is 14.1 Å². The minimum Gasteiger partial charge on any atom is -0.369 e. The Kier molecular flexibility index (Phi) is 6.61. The maximum absolute atomic E-state index is 14.3. The molecular formula is C24H27ClF3N5O. The van der Waals surface area contributed by atoms with Gasteiger partial charge in [0, 0.05) is 40.7 Å². The molecule has 0 bridgehead atoms. The third-order valence-electron chi connectivity index (χ3n) is 7.08. The Labute approximate surface area is 200 Å². The van der Waals surface area contributed by atoms with E-state index in [0.717, 1.165) is 16.5 Å². The van der Waals surface area contributed by atoms with Gasteiger partial charge in [0.2, 0.25) is 5.91 Å². The number of rotatable bonds is 9. The lowest BCUT2D eigenvalue weighted by atomic mass is 9.71. The molecular weight excluding hydrogens is 467 g/mol. The number of fused-ring (bicyclic) bond motifs is 1. The van der Waals surface area contributed by atoms with Crippen molar-refractivity contribution < 1.29 is 18.0 Å². The molecule has 3 N–H and O–H groups in total. The molecule has 10 heteroatoms. The number of carbonyl (C=O) groups is 1. The summed E-state index contributed by atoms with van der Waals surface area (Å²) in [4.78, 5) is 18.6. The van der Waals surface area contributed by atoms with Crippen molar-refractivity contribution >= 4 is 28.4 Å². The number of hydrogen-bond acceptors (Lipinski definition) is 4. The first-order valence-corrected chi connectivity index (χ1v) is 11.4. The van der Waals surface area contributed by atoms with Crippen molar-refractivity contribution in [1.82, 2.24) is 20.1 Å². The van der Waals surface area contributed by atoms with Gasteiger partial charge in [-0.05, 0) is 69.1 Å². The normalized spacial score (nSPS) is 18.1. The van der Waals surface area contributed by atoms with Crippen LogP contribution in [-0.4, -0.2) is 52.3 Å². The van der Waals surface area contributed by atoms with Crippen molar-refractivity contribution in [2.24, 2.45) is 17.1 Å². The average molecular weight is 494 g/mol. The van der Waals surface area contributed by atoms with Crippen molar-refractivity contribution in [3.05, 3.63) is 59.0 Å². The van der Waals surface area contributed by atoms with Crippen LogP contribution in [0.4, 0.5) is 13.2 Å². The van der Waals surface area contributed by atoms with Crippen LogP contribution in [0.1, 0.15) is 36.3 Å². The number of pyridine rings is 1. The number of aromatic amines is 1. The highest BCUT2D eigenvalue weighted by Gasteiger charge is 2.69. The van der Waals surface area contributed by atoms with Crippen LogP contribution in [0.15, 0.2) is 42.9 Å². The van der Waals surface area contributed by atoms with Crippen LogP contribution in [0.3, 0.4) is 0 Å². The monoisotopic (exact) mass is 493 g/mol. The first-order chi connectivity index (χ1) is 16.0. The maximum Gasteiger partial charge on any atom is 0.395 e. The molecule has 6 nitrogen and oxygen atoms in total. The van der Waals surface area contributed by atoms with Gasteiger partial charge in [0.25, 0.3) is 0 Å². The van der Waals surface area contributed by atoms with Gasteiger partial charge in [-0.2, -0.15) is 18.3 Å². The summed E-state index contributed by atoms with van der Waals surface area (Å²) in [5, 5.41) is 8.28. The van der Waals surface area contributed by atoms with Crippen LogP contribution in [-0.2, 0) is 11.2 Å². The van der Waals surface area contributed by atoms with Crippen LogP contribution < -0.4 is 5.73 Å². The lowest BCUT2D eigenvalue weighted by molar-refractivity contribution is -0.198. The molecule has 0 spiro atoms. The van der Waals surface area contributed by atoms with Crippen molar-refractivity contribution in [1.29, 1.82) is 0 Å². The zero-order valence-electron chi connectivity index (χ0n) is 18.9. The number of H-pyrrole nitrogens is 1. The Morgan fingerprint density at radius 2 is 2.03 bits per heavy atom. The molecule has 2 aromatic heterocycles. The maximum atomic E-state index is 14.3. The second-order valence-corrected chi connectivity index (χ2v) is 9.79. The quantitative estimate of drug-likeness (QED) is 0.452. The third-order valence-corrected chi connectivity index (χ3v) is 7.43. The molecule has 1 saturated carbocycles. The van der Waals surface area contributed by atoms with Gasteiger partial charge in [0.15, 0.2) is 0 Å². The lowest BCUT2D eigenvalue weighted by Gasteiger charge is -2.37. The minimum atomic E-state index is -4.45. The predicted octanol–water partition coefficient (Wildman–Crippen LogP) is 4.70. The molecule has 1 amide bonds. The van der Waals surface area contributed by atoms with Gasteiger partial charge in [-0.15, -0.1) is 0 Å². The molecule has 0 aliphatic heterocycles. The summed E-state index contributed by atoms with van der Waals surface area (Å²) < 4.78 is 42.8. The average Bonchev–Trinajstić information content (AvgIpc) is 3.46. The minimum absolute atomic E-state index is 0.0323. The number of halogens is 4. The Balaban J connectivity index is 1.70. The second kappa shape index (κ2) is 9.19. The van der Waals surface area contributed by atoms with E-state index in [1.54, 1.807) is 24.4 Å². The summed E-state index contributed by atoms with van der Waals surface area (Å²) in [5.41, 5.74) is 5.83. The van der Waals surface area contributed by atoms with E-state index in [0.29, 0.717) is 17.0 Å². The molecule has 3 atom stereocenters. The highest BCUT2D eigenvalue weighted by Crippen LogP contribution is 2.67. The van der Waals surface area contributed by atoms with Gasteiger partial charge in [0.05, 0.1) is 17.1 Å². The smallest absolute Gasteiger partial charge is 0.369 e. The van der Waals surface area contributed by atoms with E-state index in [-0.39, 0.29) is 25.3 Å². The molecule has 2 heterocycles. The summed E-state index contributed by atoms with van der Waals surface area (Å²) >= 11 is 6.49. The first-order valence-electron chi connectivity index (χ1n) is 11.1. The highest BCUT2D eigenvalue weighted by molar-refractivity contribution is 6.32. The number of likely N-dealkylation sites (N-methyl/N-ethyl adjacent to an activating group) is 1. The van der Waals surface area contributed by atoms with Gasteiger partial charge < -0.3 is 10.6 Å². The largest absolute Gasteiger partial charge is 0.395 e. The molecule has 1 aromatic carbocycles. The molecule has 1 fully saturated rings. The van der Waals surface area contributed by atoms with Crippen LogP contribution >= 0.6 is 11.6 Å². The van der Waals surface area contributed by atoms with Crippen molar-refractivity contribution in [2.45, 2.75) is 43.8 Å². The van der Waals surface area contributed by atoms with Crippen LogP contribution in [0.2, 0.25) is 5.02 Å². The Bertz CT molecular complexity index is 1160. The van der Waals surface area contributed by atoms with Crippen LogP contribution in [0, 0.1) is 11.3 Å². The van der Waals surface area contributed by atoms with E-state index >= 15 is 0 Å². The zero-order valence-corrected chi connectivity index (χ0v) is 19.7. The van der Waals surface area contributed by atoms with Crippen molar-refractivity contribution in [3.8, 4) is 0 Å². The summed E-state index contributed by atoms with van der Waals surface area (Å²) in [6, 6.07) is 6.61. The Hall–Kier alpha value is -2.65. The third kappa shape index (κ3) is 4.63. The van der Waals surface area contributed by atoms with Gasteiger partial charge in [-0.3, -0.25) is 14.9 Å². The number of aromatic nitrogens is 3. The summed E-state index contributed by atoms with van der Waals surface area (Å²) in [6.45, 7) is 0. The number of primary amides is 1. The highest BCUT2D eigenvalue weighted by atomic mass is 35.5. The fraction of sp³-hybridized carbons (Fsp3) is 0.458. The molecule has 34 heavy (non-hydrogen) atoms. The van der Waals surface area contributed by atoms with E-state index in [1.807, 2.05) is 25.1 Å². The van der Waals surface area contributed by atoms with E-state index in [2.05, 4.69) is 15.2 Å². The topological polar surface area (TPSA) is 87.9 Å². The molecule has 2 unspecified atom stereocenters. The molecule has 0 radical (unpaired) electrons. The van der Waals surface area contributed by atoms with Gasteiger partial charge in [-0.1, -0.05) is 17.7 Å². The molecule has 3 aromatic rings. The van der Waals surface area contributed by atoms with E-state index in [1.165, 1.54) is 12.4 Å². The fourth-order valence-electron chi connectivity index (χ4n) is 5.01. The first kappa shape index (κ1) is 24.5. The fourth-order valence-corrected chi connectivity index (χ4v) is 5.25. The molecule has 1 aliphatic carbocycles. The number of nitrogens with one attached hydrogen (secondary N) is 1.